The van der Waals surface area contributed by atoms with Crippen LogP contribution >= 0.6 is 0 Å². The highest BCUT2D eigenvalue weighted by Crippen LogP contribution is 1.93. The quantitative estimate of drug-likeness (QED) is 0.324. The molecule has 1 aliphatic rings. The lowest BCUT2D eigenvalue weighted by Gasteiger charge is -2.09. The minimum atomic E-state index is -0.641. The van der Waals surface area contributed by atoms with Crippen molar-refractivity contribution < 1.29 is 57.1 Å². The van der Waals surface area contributed by atoms with E-state index in [2.05, 4.69) is 0 Å². The van der Waals surface area contributed by atoms with Gasteiger partial charge in [0.05, 0.1) is 66.1 Å². The predicted octanol–water partition coefficient (Wildman–Crippen LogP) is -0.896. The van der Waals surface area contributed by atoms with Gasteiger partial charge in [-0.3, -0.25) is 19.2 Å². The van der Waals surface area contributed by atoms with E-state index < -0.39 is 23.5 Å². The first-order chi connectivity index (χ1) is 15.6. The molecular formula is C20H32O12. The van der Waals surface area contributed by atoms with Crippen LogP contribution in [0.25, 0.3) is 0 Å². The zero-order chi connectivity index (χ0) is 23.3. The van der Waals surface area contributed by atoms with E-state index in [1.807, 2.05) is 0 Å². The maximum atomic E-state index is 11.6. The average Bonchev–Trinajstić information content (AvgIpc) is 2.75. The van der Waals surface area contributed by atoms with Gasteiger partial charge in [0.1, 0.15) is 39.3 Å². The van der Waals surface area contributed by atoms with E-state index in [1.54, 1.807) is 0 Å². The Bertz CT molecular complexity index is 505. The first kappa shape index (κ1) is 28.1. The fourth-order valence-corrected chi connectivity index (χ4v) is 2.21. The maximum Gasteiger partial charge on any atom is 0.313 e. The molecule has 0 aliphatic carbocycles. The molecular weight excluding hydrogens is 432 g/mol. The number of Topliss-reactive ketones (excluding diaryl/α,β-unsaturated/α-hetero) is 2. The molecule has 0 radical (unpaired) electrons. The lowest BCUT2D eigenvalue weighted by atomic mass is 10.3. The standard InChI is InChI=1S/C20H32O12/c21-17-13-19(23)31-11-9-27-3-1-25-2-4-28-10-12-32-20(24)14-18(22)16-30-8-6-26-5-7-29-15-17/h1-16H2. The molecule has 0 saturated carbocycles. The van der Waals surface area contributed by atoms with E-state index in [9.17, 15) is 19.2 Å². The number of ether oxygens (including phenoxy) is 8. The van der Waals surface area contributed by atoms with Crippen molar-refractivity contribution in [3.63, 3.8) is 0 Å². The number of carbonyl (C=O) groups excluding carboxylic acids is 4. The molecule has 0 aromatic rings. The summed E-state index contributed by atoms with van der Waals surface area (Å²) in [6.07, 6.45) is -0.751. The highest BCUT2D eigenvalue weighted by Gasteiger charge is 2.12. The minimum Gasteiger partial charge on any atom is -0.463 e. The van der Waals surface area contributed by atoms with Crippen LogP contribution in [0.2, 0.25) is 0 Å². The average molecular weight is 464 g/mol. The first-order valence-corrected chi connectivity index (χ1v) is 10.4. The van der Waals surface area contributed by atoms with Gasteiger partial charge >= 0.3 is 11.9 Å². The monoisotopic (exact) mass is 464 g/mol. The van der Waals surface area contributed by atoms with Crippen molar-refractivity contribution in [3.05, 3.63) is 0 Å². The van der Waals surface area contributed by atoms with Gasteiger partial charge in [0.2, 0.25) is 0 Å². The molecule has 1 rings (SSSR count). The SMILES string of the molecule is O=C1COCCOCCOCC(=O)CC(=O)OCCOCCOCCOCCOC(=O)C1. The number of esters is 2. The van der Waals surface area contributed by atoms with Crippen LogP contribution in [0.5, 0.6) is 0 Å². The molecule has 32 heavy (non-hydrogen) atoms. The second kappa shape index (κ2) is 19.7. The predicted molar refractivity (Wildman–Crippen MR) is 106 cm³/mol. The Hall–Kier alpha value is -1.96. The highest BCUT2D eigenvalue weighted by molar-refractivity contribution is 5.96. The summed E-state index contributed by atoms with van der Waals surface area (Å²) in [5, 5.41) is 0. The highest BCUT2D eigenvalue weighted by atomic mass is 16.6. The van der Waals surface area contributed by atoms with Gasteiger partial charge in [-0.2, -0.15) is 0 Å². The summed E-state index contributed by atoms with van der Waals surface area (Å²) in [5.41, 5.74) is 0. The van der Waals surface area contributed by atoms with Crippen LogP contribution in [0.1, 0.15) is 12.8 Å². The van der Waals surface area contributed by atoms with Crippen LogP contribution in [-0.2, 0) is 57.1 Å². The van der Waals surface area contributed by atoms with Crippen LogP contribution in [0.4, 0.5) is 0 Å². The van der Waals surface area contributed by atoms with Crippen LogP contribution in [0, 0.1) is 0 Å². The van der Waals surface area contributed by atoms with Crippen molar-refractivity contribution in [3.8, 4) is 0 Å². The number of cyclic esters (lactones) is 2. The van der Waals surface area contributed by atoms with Gasteiger partial charge in [-0.05, 0) is 0 Å². The number of hydrogen-bond donors (Lipinski definition) is 0. The van der Waals surface area contributed by atoms with Gasteiger partial charge in [-0.1, -0.05) is 0 Å². The topological polar surface area (TPSA) is 142 Å². The third kappa shape index (κ3) is 17.7. The fraction of sp³-hybridized carbons (Fsp3) is 0.800. The molecule has 184 valence electrons. The van der Waals surface area contributed by atoms with Crippen LogP contribution in [0.3, 0.4) is 0 Å². The molecule has 1 fully saturated rings. The number of hydrogen-bond acceptors (Lipinski definition) is 12. The molecule has 0 amide bonds. The summed E-state index contributed by atoms with van der Waals surface area (Å²) in [4.78, 5) is 46.4. The molecule has 12 heteroatoms. The Kier molecular flexibility index (Phi) is 17.3. The summed E-state index contributed by atoms with van der Waals surface area (Å²) in [6.45, 7) is 2.01. The van der Waals surface area contributed by atoms with Crippen molar-refractivity contribution in [2.24, 2.45) is 0 Å². The Labute approximate surface area is 186 Å². The fourth-order valence-electron chi connectivity index (χ4n) is 2.21. The van der Waals surface area contributed by atoms with Crippen LogP contribution < -0.4 is 0 Å². The third-order valence-electron chi connectivity index (χ3n) is 3.68. The van der Waals surface area contributed by atoms with E-state index in [0.717, 1.165) is 0 Å². The van der Waals surface area contributed by atoms with E-state index >= 15 is 0 Å². The zero-order valence-electron chi connectivity index (χ0n) is 18.2. The van der Waals surface area contributed by atoms with Crippen molar-refractivity contribution in [1.82, 2.24) is 0 Å². The number of carbonyl (C=O) groups is 4. The smallest absolute Gasteiger partial charge is 0.313 e. The molecule has 1 saturated heterocycles. The van der Waals surface area contributed by atoms with E-state index in [1.165, 1.54) is 0 Å². The Morgan fingerprint density at radius 3 is 1.00 bits per heavy atom. The molecule has 0 spiro atoms. The molecule has 1 aliphatic heterocycles. The van der Waals surface area contributed by atoms with Gasteiger partial charge in [0.15, 0.2) is 11.6 Å². The van der Waals surface area contributed by atoms with E-state index in [-0.39, 0.29) is 78.9 Å². The van der Waals surface area contributed by atoms with Gasteiger partial charge < -0.3 is 37.9 Å². The molecule has 0 bridgehead atoms. The van der Waals surface area contributed by atoms with Crippen molar-refractivity contribution in [1.29, 1.82) is 0 Å². The molecule has 0 aromatic heterocycles. The lowest BCUT2D eigenvalue weighted by molar-refractivity contribution is -0.149. The Balaban J connectivity index is 2.26. The zero-order valence-corrected chi connectivity index (χ0v) is 18.2. The van der Waals surface area contributed by atoms with Gasteiger partial charge in [0, 0.05) is 0 Å². The van der Waals surface area contributed by atoms with Gasteiger partial charge in [-0.25, -0.2) is 0 Å². The largest absolute Gasteiger partial charge is 0.463 e. The second-order valence-corrected chi connectivity index (χ2v) is 6.43. The normalized spacial score (nSPS) is 22.2. The summed E-state index contributed by atoms with van der Waals surface area (Å²) in [6, 6.07) is 0. The lowest BCUT2D eigenvalue weighted by Crippen LogP contribution is -2.20. The minimum absolute atomic E-state index is 0.0380. The van der Waals surface area contributed by atoms with Crippen molar-refractivity contribution >= 4 is 23.5 Å². The number of ketones is 2. The summed E-state index contributed by atoms with van der Waals surface area (Å²) < 4.78 is 41.1. The Morgan fingerprint density at radius 2 is 0.656 bits per heavy atom. The van der Waals surface area contributed by atoms with E-state index in [4.69, 9.17) is 37.9 Å². The van der Waals surface area contributed by atoms with Gasteiger partial charge in [-0.15, -0.1) is 0 Å². The van der Waals surface area contributed by atoms with Crippen molar-refractivity contribution in [2.45, 2.75) is 12.8 Å². The van der Waals surface area contributed by atoms with Gasteiger partial charge in [0.25, 0.3) is 0 Å². The van der Waals surface area contributed by atoms with Crippen LogP contribution in [0.15, 0.2) is 0 Å². The van der Waals surface area contributed by atoms with E-state index in [0.29, 0.717) is 26.4 Å². The molecule has 1 heterocycles. The molecule has 0 atom stereocenters. The summed E-state index contributed by atoms with van der Waals surface area (Å²) in [7, 11) is 0. The second-order valence-electron chi connectivity index (χ2n) is 6.43. The third-order valence-corrected chi connectivity index (χ3v) is 3.68. The van der Waals surface area contributed by atoms with Crippen molar-refractivity contribution in [2.75, 3.05) is 92.5 Å². The first-order valence-electron chi connectivity index (χ1n) is 10.4. The number of rotatable bonds is 0. The molecule has 0 aromatic carbocycles. The maximum absolute atomic E-state index is 11.6. The summed E-state index contributed by atoms with van der Waals surface area (Å²) >= 11 is 0. The summed E-state index contributed by atoms with van der Waals surface area (Å²) in [5.74, 6) is -2.09. The Morgan fingerprint density at radius 1 is 0.375 bits per heavy atom. The molecule has 0 N–H and O–H groups in total. The molecule has 12 nitrogen and oxygen atoms in total. The molecule has 0 unspecified atom stereocenters. The van der Waals surface area contributed by atoms with Crippen LogP contribution in [-0.4, -0.2) is 116 Å².